The second kappa shape index (κ2) is 5.80. The predicted molar refractivity (Wildman–Crippen MR) is 68.0 cm³/mol. The minimum atomic E-state index is 0.720. The van der Waals surface area contributed by atoms with Gasteiger partial charge in [0.15, 0.2) is 0 Å². The first kappa shape index (κ1) is 12.1. The van der Waals surface area contributed by atoms with Gasteiger partial charge in [-0.2, -0.15) is 5.10 Å². The lowest BCUT2D eigenvalue weighted by Gasteiger charge is -2.06. The van der Waals surface area contributed by atoms with Crippen LogP contribution in [-0.2, 0) is 13.1 Å². The van der Waals surface area contributed by atoms with Crippen molar-refractivity contribution in [3.05, 3.63) is 47.0 Å². The molecule has 4 nitrogen and oxygen atoms in total. The quantitative estimate of drug-likeness (QED) is 0.884. The molecule has 1 heterocycles. The Morgan fingerprint density at radius 1 is 1.29 bits per heavy atom. The van der Waals surface area contributed by atoms with Crippen molar-refractivity contribution in [2.45, 2.75) is 20.0 Å². The molecule has 0 atom stereocenters. The van der Waals surface area contributed by atoms with Crippen molar-refractivity contribution in [1.82, 2.24) is 20.1 Å². The Hall–Kier alpha value is -1.39. The third-order valence-electron chi connectivity index (χ3n) is 2.47. The van der Waals surface area contributed by atoms with Gasteiger partial charge in [0.2, 0.25) is 0 Å². The lowest BCUT2D eigenvalue weighted by atomic mass is 10.2. The van der Waals surface area contributed by atoms with E-state index < -0.39 is 0 Å². The molecular weight excluding hydrogens is 236 g/mol. The fourth-order valence-corrected chi connectivity index (χ4v) is 1.68. The van der Waals surface area contributed by atoms with Gasteiger partial charge < -0.3 is 5.32 Å². The summed E-state index contributed by atoms with van der Waals surface area (Å²) in [5.41, 5.74) is 1.16. The molecule has 0 saturated carbocycles. The molecule has 2 aromatic rings. The summed E-state index contributed by atoms with van der Waals surface area (Å²) in [7, 11) is 0. The van der Waals surface area contributed by atoms with E-state index in [-0.39, 0.29) is 0 Å². The Morgan fingerprint density at radius 3 is 2.76 bits per heavy atom. The van der Waals surface area contributed by atoms with Crippen LogP contribution in [-0.4, -0.2) is 21.3 Å². The zero-order valence-corrected chi connectivity index (χ0v) is 10.5. The molecule has 0 bridgehead atoms. The minimum Gasteiger partial charge on any atom is -0.310 e. The number of hydrogen-bond donors (Lipinski definition) is 1. The van der Waals surface area contributed by atoms with Crippen molar-refractivity contribution in [2.75, 3.05) is 6.54 Å². The topological polar surface area (TPSA) is 42.7 Å². The van der Waals surface area contributed by atoms with E-state index in [4.69, 9.17) is 11.6 Å². The molecule has 1 aromatic heterocycles. The van der Waals surface area contributed by atoms with Gasteiger partial charge in [-0.25, -0.2) is 9.67 Å². The van der Waals surface area contributed by atoms with Crippen LogP contribution >= 0.6 is 11.6 Å². The van der Waals surface area contributed by atoms with Crippen molar-refractivity contribution in [3.63, 3.8) is 0 Å². The maximum atomic E-state index is 5.85. The lowest BCUT2D eigenvalue weighted by molar-refractivity contribution is 0.596. The molecule has 2 rings (SSSR count). The maximum Gasteiger partial charge on any atom is 0.141 e. The van der Waals surface area contributed by atoms with Gasteiger partial charge in [0.1, 0.15) is 12.2 Å². The molecule has 0 unspecified atom stereocenters. The molecule has 0 aliphatic carbocycles. The fourth-order valence-electron chi connectivity index (χ4n) is 1.56. The molecule has 0 fully saturated rings. The number of hydrogen-bond acceptors (Lipinski definition) is 3. The highest BCUT2D eigenvalue weighted by Crippen LogP contribution is 2.10. The van der Waals surface area contributed by atoms with Crippen LogP contribution in [0, 0.1) is 0 Å². The minimum absolute atomic E-state index is 0.720. The first-order valence-corrected chi connectivity index (χ1v) is 5.99. The SMILES string of the molecule is CCNCc1ncnn1Cc1ccc(Cl)cc1. The molecule has 0 aliphatic heterocycles. The van der Waals surface area contributed by atoms with Crippen LogP contribution in [0.4, 0.5) is 0 Å². The van der Waals surface area contributed by atoms with E-state index >= 15 is 0 Å². The number of nitrogens with one attached hydrogen (secondary N) is 1. The highest BCUT2D eigenvalue weighted by atomic mass is 35.5. The largest absolute Gasteiger partial charge is 0.310 e. The number of halogens is 1. The van der Waals surface area contributed by atoms with E-state index in [1.54, 1.807) is 6.33 Å². The predicted octanol–water partition coefficient (Wildman–Crippen LogP) is 2.09. The molecule has 1 aromatic carbocycles. The molecule has 0 saturated heterocycles. The van der Waals surface area contributed by atoms with E-state index in [0.29, 0.717) is 0 Å². The van der Waals surface area contributed by atoms with Crippen LogP contribution in [0.2, 0.25) is 5.02 Å². The Morgan fingerprint density at radius 2 is 2.06 bits per heavy atom. The normalized spacial score (nSPS) is 10.7. The van der Waals surface area contributed by atoms with Crippen LogP contribution in [0.1, 0.15) is 18.3 Å². The molecule has 17 heavy (non-hydrogen) atoms. The van der Waals surface area contributed by atoms with Gasteiger partial charge in [-0.3, -0.25) is 0 Å². The van der Waals surface area contributed by atoms with E-state index in [1.807, 2.05) is 28.9 Å². The number of benzene rings is 1. The van der Waals surface area contributed by atoms with Crippen LogP contribution in [0.15, 0.2) is 30.6 Å². The molecular formula is C12H15ClN4. The zero-order valence-electron chi connectivity index (χ0n) is 9.73. The number of rotatable bonds is 5. The van der Waals surface area contributed by atoms with Gasteiger partial charge in [0.25, 0.3) is 0 Å². The van der Waals surface area contributed by atoms with E-state index in [2.05, 4.69) is 22.3 Å². The van der Waals surface area contributed by atoms with Crippen molar-refractivity contribution in [2.24, 2.45) is 0 Å². The van der Waals surface area contributed by atoms with Gasteiger partial charge >= 0.3 is 0 Å². The molecule has 0 spiro atoms. The first-order valence-electron chi connectivity index (χ1n) is 5.61. The number of aromatic nitrogens is 3. The molecule has 0 radical (unpaired) electrons. The van der Waals surface area contributed by atoms with E-state index in [0.717, 1.165) is 36.0 Å². The van der Waals surface area contributed by atoms with Gasteiger partial charge in [-0.15, -0.1) is 0 Å². The summed E-state index contributed by atoms with van der Waals surface area (Å²) in [6.07, 6.45) is 1.59. The van der Waals surface area contributed by atoms with Crippen LogP contribution in [0.3, 0.4) is 0 Å². The molecule has 0 aliphatic rings. The Labute approximate surface area is 106 Å². The van der Waals surface area contributed by atoms with Gasteiger partial charge in [-0.1, -0.05) is 30.7 Å². The average Bonchev–Trinajstić information content (AvgIpc) is 2.77. The smallest absolute Gasteiger partial charge is 0.141 e. The zero-order chi connectivity index (χ0) is 12.1. The molecule has 90 valence electrons. The third-order valence-corrected chi connectivity index (χ3v) is 2.73. The van der Waals surface area contributed by atoms with Crippen LogP contribution < -0.4 is 5.32 Å². The van der Waals surface area contributed by atoms with Crippen molar-refractivity contribution in [3.8, 4) is 0 Å². The summed E-state index contributed by atoms with van der Waals surface area (Å²) in [6.45, 7) is 4.45. The lowest BCUT2D eigenvalue weighted by Crippen LogP contribution is -2.17. The summed E-state index contributed by atoms with van der Waals surface area (Å²) >= 11 is 5.85. The molecule has 0 amide bonds. The highest BCUT2D eigenvalue weighted by Gasteiger charge is 2.04. The fraction of sp³-hybridized carbons (Fsp3) is 0.333. The van der Waals surface area contributed by atoms with Crippen molar-refractivity contribution < 1.29 is 0 Å². The van der Waals surface area contributed by atoms with Gasteiger partial charge in [0, 0.05) is 5.02 Å². The molecule has 5 heteroatoms. The molecule has 1 N–H and O–H groups in total. The monoisotopic (exact) mass is 250 g/mol. The Bertz CT molecular complexity index is 464. The van der Waals surface area contributed by atoms with Gasteiger partial charge in [0.05, 0.1) is 13.1 Å². The first-order chi connectivity index (χ1) is 8.29. The second-order valence-electron chi connectivity index (χ2n) is 3.74. The van der Waals surface area contributed by atoms with Gasteiger partial charge in [-0.05, 0) is 24.2 Å². The number of nitrogens with zero attached hydrogens (tertiary/aromatic N) is 3. The average molecular weight is 251 g/mol. The second-order valence-corrected chi connectivity index (χ2v) is 4.18. The van der Waals surface area contributed by atoms with Crippen LogP contribution in [0.5, 0.6) is 0 Å². The Balaban J connectivity index is 2.07. The van der Waals surface area contributed by atoms with Crippen molar-refractivity contribution in [1.29, 1.82) is 0 Å². The highest BCUT2D eigenvalue weighted by molar-refractivity contribution is 6.30. The summed E-state index contributed by atoms with van der Waals surface area (Å²) in [4.78, 5) is 4.23. The summed E-state index contributed by atoms with van der Waals surface area (Å²) in [6, 6.07) is 7.78. The van der Waals surface area contributed by atoms with Crippen molar-refractivity contribution >= 4 is 11.6 Å². The van der Waals surface area contributed by atoms with E-state index in [9.17, 15) is 0 Å². The van der Waals surface area contributed by atoms with E-state index in [1.165, 1.54) is 0 Å². The maximum absolute atomic E-state index is 5.85. The summed E-state index contributed by atoms with van der Waals surface area (Å²) in [5, 5.41) is 8.21. The third kappa shape index (κ3) is 3.28. The van der Waals surface area contributed by atoms with Crippen LogP contribution in [0.25, 0.3) is 0 Å². The summed E-state index contributed by atoms with van der Waals surface area (Å²) in [5.74, 6) is 0.946. The Kier molecular flexibility index (Phi) is 4.12. The standard InChI is InChI=1S/C12H15ClN4/c1-2-14-7-12-15-9-16-17(12)8-10-3-5-11(13)6-4-10/h3-6,9,14H,2,7-8H2,1H3. The summed E-state index contributed by atoms with van der Waals surface area (Å²) < 4.78 is 1.89.